The molecule has 84 valence electrons. The summed E-state index contributed by atoms with van der Waals surface area (Å²) in [7, 11) is 1.73. The summed E-state index contributed by atoms with van der Waals surface area (Å²) in [5.41, 5.74) is 5.69. The molecule has 0 heterocycles. The minimum Gasteiger partial charge on any atom is -0.396 e. The lowest BCUT2D eigenvalue weighted by Gasteiger charge is -2.29. The molecule has 0 amide bonds. The van der Waals surface area contributed by atoms with Crippen LogP contribution >= 0.6 is 0 Å². The van der Waals surface area contributed by atoms with Crippen LogP contribution in [0, 0.1) is 10.8 Å². The summed E-state index contributed by atoms with van der Waals surface area (Å²) in [4.78, 5) is 0. The van der Waals surface area contributed by atoms with Gasteiger partial charge >= 0.3 is 0 Å². The Morgan fingerprint density at radius 2 is 2.07 bits per heavy atom. The topological polar surface area (TPSA) is 55.5 Å². The van der Waals surface area contributed by atoms with Gasteiger partial charge in [0.15, 0.2) is 0 Å². The van der Waals surface area contributed by atoms with E-state index < -0.39 is 0 Å². The Hall–Kier alpha value is -0.120. The summed E-state index contributed by atoms with van der Waals surface area (Å²) >= 11 is 0. The van der Waals surface area contributed by atoms with Gasteiger partial charge in [0.1, 0.15) is 0 Å². The van der Waals surface area contributed by atoms with E-state index in [1.54, 1.807) is 7.11 Å². The van der Waals surface area contributed by atoms with Crippen molar-refractivity contribution < 1.29 is 9.84 Å². The number of hydrogen-bond donors (Lipinski definition) is 2. The molecule has 0 aromatic carbocycles. The van der Waals surface area contributed by atoms with E-state index in [1.165, 1.54) is 0 Å². The van der Waals surface area contributed by atoms with Crippen LogP contribution in [0.15, 0.2) is 0 Å². The molecule has 0 aliphatic heterocycles. The zero-order valence-corrected chi connectivity index (χ0v) is 9.76. The third-order valence-corrected chi connectivity index (χ3v) is 3.95. The number of nitrogens with two attached hydrogens (primary N) is 1. The molecule has 0 bridgehead atoms. The van der Waals surface area contributed by atoms with Crippen molar-refractivity contribution in [3.8, 4) is 0 Å². The summed E-state index contributed by atoms with van der Waals surface area (Å²) in [6.07, 6.45) is 1.97. The van der Waals surface area contributed by atoms with Gasteiger partial charge in [0, 0.05) is 19.1 Å². The molecule has 0 aromatic heterocycles. The highest BCUT2D eigenvalue weighted by Gasteiger charge is 2.63. The molecule has 1 aliphatic carbocycles. The first-order valence-electron chi connectivity index (χ1n) is 5.21. The molecular weight excluding hydrogens is 178 g/mol. The van der Waals surface area contributed by atoms with E-state index in [9.17, 15) is 5.11 Å². The standard InChI is InChI=1S/C11H23NO2/c1-9(2,14-4)5-10(3)6-11(10,7-12)8-13/h13H,5-8,12H2,1-4H3. The second-order valence-corrected chi connectivity index (χ2v) is 5.52. The predicted molar refractivity (Wildman–Crippen MR) is 57.0 cm³/mol. The van der Waals surface area contributed by atoms with Crippen LogP contribution in [0.4, 0.5) is 0 Å². The van der Waals surface area contributed by atoms with Gasteiger partial charge in [-0.15, -0.1) is 0 Å². The summed E-state index contributed by atoms with van der Waals surface area (Å²) in [5, 5.41) is 9.34. The van der Waals surface area contributed by atoms with Gasteiger partial charge in [0.2, 0.25) is 0 Å². The third-order valence-electron chi connectivity index (χ3n) is 3.95. The molecule has 1 aliphatic rings. The largest absolute Gasteiger partial charge is 0.396 e. The average Bonchev–Trinajstić information content (AvgIpc) is 2.70. The SMILES string of the molecule is COC(C)(C)CC1(C)CC1(CN)CO. The molecule has 3 heteroatoms. The van der Waals surface area contributed by atoms with Crippen LogP contribution in [0.2, 0.25) is 0 Å². The molecule has 0 saturated heterocycles. The second-order valence-electron chi connectivity index (χ2n) is 5.52. The van der Waals surface area contributed by atoms with Crippen molar-refractivity contribution in [1.82, 2.24) is 0 Å². The lowest BCUT2D eigenvalue weighted by atomic mass is 9.85. The molecule has 0 radical (unpaired) electrons. The van der Waals surface area contributed by atoms with E-state index in [4.69, 9.17) is 10.5 Å². The number of aliphatic hydroxyl groups is 1. The van der Waals surface area contributed by atoms with Gasteiger partial charge in [-0.05, 0) is 32.1 Å². The van der Waals surface area contributed by atoms with Gasteiger partial charge in [0.05, 0.1) is 12.2 Å². The van der Waals surface area contributed by atoms with E-state index >= 15 is 0 Å². The molecule has 2 unspecified atom stereocenters. The normalized spacial score (nSPS) is 37.3. The minimum absolute atomic E-state index is 0.0528. The highest BCUT2D eigenvalue weighted by Crippen LogP contribution is 2.66. The fourth-order valence-electron chi connectivity index (χ4n) is 2.59. The Bertz CT molecular complexity index is 211. The van der Waals surface area contributed by atoms with E-state index in [0.717, 1.165) is 12.8 Å². The van der Waals surface area contributed by atoms with E-state index in [2.05, 4.69) is 20.8 Å². The Morgan fingerprint density at radius 3 is 2.36 bits per heavy atom. The quantitative estimate of drug-likeness (QED) is 0.701. The van der Waals surface area contributed by atoms with Crippen LogP contribution in [0.25, 0.3) is 0 Å². The first-order valence-corrected chi connectivity index (χ1v) is 5.21. The van der Waals surface area contributed by atoms with Crippen molar-refractivity contribution in [3.63, 3.8) is 0 Å². The summed E-state index contributed by atoms with van der Waals surface area (Å²) < 4.78 is 5.41. The molecule has 0 aromatic rings. The van der Waals surface area contributed by atoms with Gasteiger partial charge in [-0.2, -0.15) is 0 Å². The predicted octanol–water partition coefficient (Wildman–Crippen LogP) is 1.15. The summed E-state index contributed by atoms with van der Waals surface area (Å²) in [6, 6.07) is 0. The number of methoxy groups -OCH3 is 1. The van der Waals surface area contributed by atoms with Gasteiger partial charge < -0.3 is 15.6 Å². The van der Waals surface area contributed by atoms with Gasteiger partial charge in [0.25, 0.3) is 0 Å². The van der Waals surface area contributed by atoms with Gasteiger partial charge in [-0.25, -0.2) is 0 Å². The van der Waals surface area contributed by atoms with E-state index in [1.807, 2.05) is 0 Å². The minimum atomic E-state index is -0.124. The maximum atomic E-state index is 9.34. The molecule has 14 heavy (non-hydrogen) atoms. The van der Waals surface area contributed by atoms with Gasteiger partial charge in [-0.1, -0.05) is 6.92 Å². The maximum Gasteiger partial charge on any atom is 0.0628 e. The van der Waals surface area contributed by atoms with Crippen molar-refractivity contribution in [2.24, 2.45) is 16.6 Å². The Balaban J connectivity index is 2.64. The highest BCUT2D eigenvalue weighted by molar-refractivity contribution is 5.13. The summed E-state index contributed by atoms with van der Waals surface area (Å²) in [6.45, 7) is 7.11. The summed E-state index contributed by atoms with van der Waals surface area (Å²) in [5.74, 6) is 0. The zero-order valence-electron chi connectivity index (χ0n) is 9.76. The fraction of sp³-hybridized carbons (Fsp3) is 1.00. The fourth-order valence-corrected chi connectivity index (χ4v) is 2.59. The Kier molecular flexibility index (Phi) is 2.96. The average molecular weight is 201 g/mol. The van der Waals surface area contributed by atoms with E-state index in [0.29, 0.717) is 6.54 Å². The molecule has 1 rings (SSSR count). The van der Waals surface area contributed by atoms with Crippen molar-refractivity contribution >= 4 is 0 Å². The van der Waals surface area contributed by atoms with Crippen LogP contribution < -0.4 is 5.73 Å². The van der Waals surface area contributed by atoms with Crippen molar-refractivity contribution in [2.75, 3.05) is 20.3 Å². The first kappa shape index (κ1) is 12.0. The number of rotatable bonds is 5. The third kappa shape index (κ3) is 1.81. The first-order chi connectivity index (χ1) is 6.35. The smallest absolute Gasteiger partial charge is 0.0628 e. The van der Waals surface area contributed by atoms with Crippen LogP contribution in [-0.2, 0) is 4.74 Å². The van der Waals surface area contributed by atoms with Crippen molar-refractivity contribution in [3.05, 3.63) is 0 Å². The highest BCUT2D eigenvalue weighted by atomic mass is 16.5. The van der Waals surface area contributed by atoms with Crippen molar-refractivity contribution in [2.45, 2.75) is 39.2 Å². The Morgan fingerprint density at radius 1 is 1.50 bits per heavy atom. The monoisotopic (exact) mass is 201 g/mol. The van der Waals surface area contributed by atoms with Crippen LogP contribution in [0.5, 0.6) is 0 Å². The molecular formula is C11H23NO2. The molecule has 1 saturated carbocycles. The molecule has 3 nitrogen and oxygen atoms in total. The molecule has 2 atom stereocenters. The lowest BCUT2D eigenvalue weighted by Crippen LogP contribution is -2.32. The second kappa shape index (κ2) is 3.47. The van der Waals surface area contributed by atoms with Crippen LogP contribution in [0.3, 0.4) is 0 Å². The van der Waals surface area contributed by atoms with E-state index in [-0.39, 0.29) is 23.0 Å². The number of hydrogen-bond acceptors (Lipinski definition) is 3. The number of ether oxygens (including phenoxy) is 1. The Labute approximate surface area is 86.6 Å². The molecule has 0 spiro atoms. The zero-order chi connectivity index (χ0) is 11.0. The number of aliphatic hydroxyl groups excluding tert-OH is 1. The molecule has 3 N–H and O–H groups in total. The van der Waals surface area contributed by atoms with Crippen LogP contribution in [0.1, 0.15) is 33.6 Å². The van der Waals surface area contributed by atoms with Crippen molar-refractivity contribution in [1.29, 1.82) is 0 Å². The lowest BCUT2D eigenvalue weighted by molar-refractivity contribution is -0.00805. The van der Waals surface area contributed by atoms with Gasteiger partial charge in [-0.3, -0.25) is 0 Å². The van der Waals surface area contributed by atoms with Crippen LogP contribution in [-0.4, -0.2) is 31.0 Å². The molecule has 1 fully saturated rings. The maximum absolute atomic E-state index is 9.34.